The van der Waals surface area contributed by atoms with E-state index in [0.717, 1.165) is 12.8 Å². The van der Waals surface area contributed by atoms with Gasteiger partial charge in [0, 0.05) is 18.9 Å². The molecule has 0 amide bonds. The summed E-state index contributed by atoms with van der Waals surface area (Å²) in [5.74, 6) is -0.0381. The Labute approximate surface area is 85.1 Å². The van der Waals surface area contributed by atoms with Gasteiger partial charge in [0.1, 0.15) is 5.78 Å². The molecule has 0 spiro atoms. The highest BCUT2D eigenvalue weighted by atomic mass is 16.5. The highest BCUT2D eigenvalue weighted by Gasteiger charge is 1.96. The third kappa shape index (κ3) is 7.53. The van der Waals surface area contributed by atoms with Gasteiger partial charge < -0.3 is 4.74 Å². The van der Waals surface area contributed by atoms with Crippen LogP contribution in [0.5, 0.6) is 0 Å². The molecule has 0 radical (unpaired) electrons. The summed E-state index contributed by atoms with van der Waals surface area (Å²) < 4.78 is 4.70. The Balaban J connectivity index is 3.44. The zero-order valence-corrected chi connectivity index (χ0v) is 8.91. The fourth-order valence-electron chi connectivity index (χ4n) is 0.964. The van der Waals surface area contributed by atoms with Crippen molar-refractivity contribution in [3.63, 3.8) is 0 Å². The molecule has 0 rings (SSSR count). The predicted molar refractivity (Wildman–Crippen MR) is 54.9 cm³/mol. The van der Waals surface area contributed by atoms with Crippen LogP contribution in [-0.2, 0) is 14.3 Å². The van der Waals surface area contributed by atoms with Gasteiger partial charge in [-0.1, -0.05) is 13.0 Å². The molecule has 0 unspecified atom stereocenters. The molecular weight excluding hydrogens is 180 g/mol. The molecule has 3 nitrogen and oxygen atoms in total. The van der Waals surface area contributed by atoms with Crippen LogP contribution in [0.2, 0.25) is 0 Å². The Morgan fingerprint density at radius 3 is 2.57 bits per heavy atom. The van der Waals surface area contributed by atoms with Gasteiger partial charge in [0.2, 0.25) is 0 Å². The number of ketones is 1. The summed E-state index contributed by atoms with van der Waals surface area (Å²) in [6.07, 6.45) is 5.93. The lowest BCUT2D eigenvalue weighted by Crippen LogP contribution is -1.98. The summed E-state index contributed by atoms with van der Waals surface area (Å²) in [4.78, 5) is 21.7. The van der Waals surface area contributed by atoms with E-state index in [1.54, 1.807) is 13.0 Å². The minimum Gasteiger partial charge on any atom is -0.463 e. The first-order valence-electron chi connectivity index (χ1n) is 5.05. The molecule has 0 aromatic heterocycles. The number of Topliss-reactive ketones (excluding diaryl/α,β-unsaturated/α-hetero) is 1. The van der Waals surface area contributed by atoms with E-state index in [9.17, 15) is 9.59 Å². The van der Waals surface area contributed by atoms with Crippen molar-refractivity contribution >= 4 is 11.8 Å². The second kappa shape index (κ2) is 8.48. The van der Waals surface area contributed by atoms with E-state index < -0.39 is 0 Å². The summed E-state index contributed by atoms with van der Waals surface area (Å²) in [7, 11) is 0. The van der Waals surface area contributed by atoms with Crippen LogP contribution >= 0.6 is 0 Å². The van der Waals surface area contributed by atoms with Crippen LogP contribution in [0.15, 0.2) is 12.2 Å². The second-order valence-electron chi connectivity index (χ2n) is 2.94. The molecule has 0 saturated heterocycles. The molecule has 0 atom stereocenters. The highest BCUT2D eigenvalue weighted by molar-refractivity contribution is 5.81. The van der Waals surface area contributed by atoms with E-state index in [4.69, 9.17) is 4.74 Å². The van der Waals surface area contributed by atoms with Crippen molar-refractivity contribution < 1.29 is 14.3 Å². The second-order valence-corrected chi connectivity index (χ2v) is 2.94. The quantitative estimate of drug-likeness (QED) is 0.358. The molecule has 80 valence electrons. The lowest BCUT2D eigenvalue weighted by molar-refractivity contribution is -0.137. The number of ether oxygens (including phenoxy) is 1. The lowest BCUT2D eigenvalue weighted by Gasteiger charge is -1.95. The molecule has 0 bridgehead atoms. The zero-order chi connectivity index (χ0) is 10.8. The minimum atomic E-state index is -0.311. The van der Waals surface area contributed by atoms with Gasteiger partial charge in [-0.2, -0.15) is 0 Å². The molecule has 0 aliphatic rings. The molecule has 0 fully saturated rings. The van der Waals surface area contributed by atoms with E-state index >= 15 is 0 Å². The van der Waals surface area contributed by atoms with Crippen molar-refractivity contribution in [2.24, 2.45) is 0 Å². The number of unbranched alkanes of at least 4 members (excludes halogenated alkanes) is 1. The number of hydrogen-bond acceptors (Lipinski definition) is 3. The molecule has 3 heteroatoms. The van der Waals surface area contributed by atoms with E-state index in [-0.39, 0.29) is 11.8 Å². The summed E-state index contributed by atoms with van der Waals surface area (Å²) in [5.41, 5.74) is 0. The maximum atomic E-state index is 10.9. The van der Waals surface area contributed by atoms with Crippen molar-refractivity contribution in [3.05, 3.63) is 12.2 Å². The molecule has 0 aliphatic heterocycles. The number of esters is 1. The zero-order valence-electron chi connectivity index (χ0n) is 8.91. The Bertz CT molecular complexity index is 207. The molecule has 0 saturated carbocycles. The Hall–Kier alpha value is -1.12. The average Bonchev–Trinajstić information content (AvgIpc) is 2.17. The highest BCUT2D eigenvalue weighted by Crippen LogP contribution is 2.00. The standard InChI is InChI=1S/C11H18O3/c1-3-10(12)8-6-5-7-9-11(13)14-4-2/h7,9H,3-6,8H2,1-2H3/b9-7+. The van der Waals surface area contributed by atoms with Crippen LogP contribution in [0, 0.1) is 0 Å². The monoisotopic (exact) mass is 198 g/mol. The van der Waals surface area contributed by atoms with Crippen molar-refractivity contribution in [2.75, 3.05) is 6.61 Å². The normalized spacial score (nSPS) is 10.4. The van der Waals surface area contributed by atoms with Crippen molar-refractivity contribution in [1.82, 2.24) is 0 Å². The van der Waals surface area contributed by atoms with Crippen LogP contribution in [0.25, 0.3) is 0 Å². The number of allylic oxidation sites excluding steroid dienone is 1. The summed E-state index contributed by atoms with van der Waals surface area (Å²) in [6.45, 7) is 4.03. The predicted octanol–water partition coefficient (Wildman–Crippen LogP) is 2.26. The topological polar surface area (TPSA) is 43.4 Å². The lowest BCUT2D eigenvalue weighted by atomic mass is 10.1. The minimum absolute atomic E-state index is 0.273. The van der Waals surface area contributed by atoms with Crippen molar-refractivity contribution in [1.29, 1.82) is 0 Å². The van der Waals surface area contributed by atoms with Crippen molar-refractivity contribution in [2.45, 2.75) is 39.5 Å². The van der Waals surface area contributed by atoms with Gasteiger partial charge in [0.15, 0.2) is 0 Å². The van der Waals surface area contributed by atoms with Gasteiger partial charge in [-0.05, 0) is 19.8 Å². The number of carbonyl (C=O) groups excluding carboxylic acids is 2. The van der Waals surface area contributed by atoms with E-state index in [1.165, 1.54) is 6.08 Å². The van der Waals surface area contributed by atoms with Crippen LogP contribution in [0.1, 0.15) is 39.5 Å². The first kappa shape index (κ1) is 12.9. The first-order valence-corrected chi connectivity index (χ1v) is 5.05. The average molecular weight is 198 g/mol. The van der Waals surface area contributed by atoms with Gasteiger partial charge in [0.25, 0.3) is 0 Å². The molecular formula is C11H18O3. The number of rotatable bonds is 7. The Kier molecular flexibility index (Phi) is 7.80. The molecule has 0 N–H and O–H groups in total. The van der Waals surface area contributed by atoms with Crippen LogP contribution < -0.4 is 0 Å². The molecule has 0 heterocycles. The molecule has 0 aromatic rings. The van der Waals surface area contributed by atoms with Gasteiger partial charge in [-0.15, -0.1) is 0 Å². The molecule has 0 aromatic carbocycles. The maximum absolute atomic E-state index is 10.9. The molecule has 14 heavy (non-hydrogen) atoms. The summed E-state index contributed by atoms with van der Waals surface area (Å²) >= 11 is 0. The SMILES string of the molecule is CCOC(=O)/C=C/CCCC(=O)CC. The van der Waals surface area contributed by atoms with E-state index in [1.807, 2.05) is 6.92 Å². The largest absolute Gasteiger partial charge is 0.463 e. The van der Waals surface area contributed by atoms with Crippen molar-refractivity contribution in [3.8, 4) is 0 Å². The fraction of sp³-hybridized carbons (Fsp3) is 0.636. The first-order chi connectivity index (χ1) is 6.70. The third-order valence-electron chi connectivity index (χ3n) is 1.76. The van der Waals surface area contributed by atoms with E-state index in [2.05, 4.69) is 0 Å². The summed E-state index contributed by atoms with van der Waals surface area (Å²) in [6, 6.07) is 0. The van der Waals surface area contributed by atoms with Crippen LogP contribution in [-0.4, -0.2) is 18.4 Å². The smallest absolute Gasteiger partial charge is 0.330 e. The maximum Gasteiger partial charge on any atom is 0.330 e. The third-order valence-corrected chi connectivity index (χ3v) is 1.76. The fourth-order valence-corrected chi connectivity index (χ4v) is 0.964. The van der Waals surface area contributed by atoms with Gasteiger partial charge in [-0.25, -0.2) is 4.79 Å². The van der Waals surface area contributed by atoms with Gasteiger partial charge >= 0.3 is 5.97 Å². The Morgan fingerprint density at radius 1 is 1.29 bits per heavy atom. The van der Waals surface area contributed by atoms with Gasteiger partial charge in [0.05, 0.1) is 6.61 Å². The summed E-state index contributed by atoms with van der Waals surface area (Å²) in [5, 5.41) is 0. The van der Waals surface area contributed by atoms with Gasteiger partial charge in [-0.3, -0.25) is 4.79 Å². The Morgan fingerprint density at radius 2 is 2.00 bits per heavy atom. The van der Waals surface area contributed by atoms with E-state index in [0.29, 0.717) is 19.4 Å². The van der Waals surface area contributed by atoms with Crippen LogP contribution in [0.4, 0.5) is 0 Å². The van der Waals surface area contributed by atoms with Crippen LogP contribution in [0.3, 0.4) is 0 Å². The molecule has 0 aliphatic carbocycles. The number of hydrogen-bond donors (Lipinski definition) is 0. The number of carbonyl (C=O) groups is 2.